The van der Waals surface area contributed by atoms with E-state index < -0.39 is 16.1 Å². The Labute approximate surface area is 260 Å². The minimum atomic E-state index is -1.57. The second-order valence-corrected chi connectivity index (χ2v) is 26.1. The van der Waals surface area contributed by atoms with Gasteiger partial charge in [0.05, 0.1) is 28.9 Å². The van der Waals surface area contributed by atoms with Crippen LogP contribution in [0.15, 0.2) is 24.3 Å². The van der Waals surface area contributed by atoms with Crippen LogP contribution in [0, 0.1) is 64.5 Å². The summed E-state index contributed by atoms with van der Waals surface area (Å²) in [5, 5.41) is 2.67. The standard InChI is InChI=1S/C36H40S3Si2/c1-21-17-23(3)29(24(4)18-21)33-35-31(27(37-33)13-15-40(7,8)9)32-28(14-16-41(10,11)12)38-34(36(32)39-35)30-25(5)19-22(2)20-26(30)6/h17-20H,1-12H3. The Morgan fingerprint density at radius 1 is 0.488 bits per heavy atom. The summed E-state index contributed by atoms with van der Waals surface area (Å²) >= 11 is 5.75. The predicted octanol–water partition coefficient (Wildman–Crippen LogP) is 11.8. The molecule has 0 atom stereocenters. The number of hydrogen-bond donors (Lipinski definition) is 0. The molecule has 0 radical (unpaired) electrons. The Balaban J connectivity index is 1.97. The molecule has 3 heterocycles. The zero-order valence-corrected chi connectivity index (χ0v) is 31.0. The average molecular weight is 625 g/mol. The topological polar surface area (TPSA) is 0 Å². The molecule has 3 aromatic heterocycles. The van der Waals surface area contributed by atoms with Crippen LogP contribution in [0.25, 0.3) is 41.1 Å². The van der Waals surface area contributed by atoms with Gasteiger partial charge in [0.15, 0.2) is 0 Å². The van der Waals surface area contributed by atoms with Crippen molar-refractivity contribution in [2.45, 2.75) is 80.8 Å². The van der Waals surface area contributed by atoms with Crippen molar-refractivity contribution in [2.24, 2.45) is 0 Å². The third-order valence-electron chi connectivity index (χ3n) is 7.09. The van der Waals surface area contributed by atoms with Gasteiger partial charge in [0.1, 0.15) is 16.1 Å². The van der Waals surface area contributed by atoms with Gasteiger partial charge in [-0.3, -0.25) is 0 Å². The normalized spacial score (nSPS) is 12.0. The molecule has 0 saturated heterocycles. The lowest BCUT2D eigenvalue weighted by Gasteiger charge is -2.10. The fraction of sp³-hybridized carbons (Fsp3) is 0.333. The number of aryl methyl sites for hydroxylation is 6. The molecule has 0 fully saturated rings. The molecule has 41 heavy (non-hydrogen) atoms. The van der Waals surface area contributed by atoms with E-state index in [-0.39, 0.29) is 0 Å². The largest absolute Gasteiger partial charge is 0.132 e. The van der Waals surface area contributed by atoms with Crippen molar-refractivity contribution in [2.75, 3.05) is 0 Å². The van der Waals surface area contributed by atoms with E-state index in [0.29, 0.717) is 0 Å². The Kier molecular flexibility index (Phi) is 7.86. The zero-order valence-electron chi connectivity index (χ0n) is 26.5. The number of thiophene rings is 3. The Morgan fingerprint density at radius 2 is 0.805 bits per heavy atom. The van der Waals surface area contributed by atoms with Crippen LogP contribution in [-0.2, 0) is 0 Å². The first-order valence-electron chi connectivity index (χ1n) is 14.3. The van der Waals surface area contributed by atoms with Crippen molar-refractivity contribution in [1.29, 1.82) is 0 Å². The van der Waals surface area contributed by atoms with Crippen LogP contribution in [0.4, 0.5) is 0 Å². The lowest BCUT2D eigenvalue weighted by molar-refractivity contribution is 1.33. The fourth-order valence-electron chi connectivity index (χ4n) is 5.65. The molecule has 0 spiro atoms. The lowest BCUT2D eigenvalue weighted by atomic mass is 9.97. The molecular formula is C36H40S3Si2. The van der Waals surface area contributed by atoms with Gasteiger partial charge in [-0.05, 0) is 74.9 Å². The second-order valence-electron chi connectivity index (χ2n) is 13.6. The first-order valence-corrected chi connectivity index (χ1v) is 23.7. The molecule has 0 aliphatic carbocycles. The summed E-state index contributed by atoms with van der Waals surface area (Å²) in [6, 6.07) is 9.30. The predicted molar refractivity (Wildman–Crippen MR) is 195 cm³/mol. The molecule has 210 valence electrons. The van der Waals surface area contributed by atoms with E-state index in [1.54, 1.807) is 0 Å². The molecule has 2 aromatic carbocycles. The summed E-state index contributed by atoms with van der Waals surface area (Å²) in [4.78, 5) is 5.16. The van der Waals surface area contributed by atoms with E-state index in [1.165, 1.54) is 84.2 Å². The van der Waals surface area contributed by atoms with E-state index in [2.05, 4.69) is 128 Å². The Bertz CT molecular complexity index is 1790. The van der Waals surface area contributed by atoms with Gasteiger partial charge >= 0.3 is 0 Å². The summed E-state index contributed by atoms with van der Waals surface area (Å²) in [5.41, 5.74) is 18.2. The maximum absolute atomic E-state index is 3.73. The number of hydrogen-bond acceptors (Lipinski definition) is 3. The van der Waals surface area contributed by atoms with Gasteiger partial charge in [-0.15, -0.1) is 45.1 Å². The van der Waals surface area contributed by atoms with Crippen LogP contribution in [-0.4, -0.2) is 16.1 Å². The van der Waals surface area contributed by atoms with Crippen LogP contribution >= 0.6 is 34.0 Å². The molecule has 0 amide bonds. The zero-order chi connectivity index (χ0) is 30.0. The molecule has 0 aliphatic heterocycles. The minimum Gasteiger partial charge on any atom is -0.132 e. The van der Waals surface area contributed by atoms with Crippen molar-refractivity contribution in [3.63, 3.8) is 0 Å². The van der Waals surface area contributed by atoms with E-state index >= 15 is 0 Å². The maximum atomic E-state index is 3.73. The third kappa shape index (κ3) is 5.94. The van der Waals surface area contributed by atoms with E-state index in [4.69, 9.17) is 0 Å². The monoisotopic (exact) mass is 624 g/mol. The SMILES string of the molecule is Cc1cc(C)c(-c2sc(C#C[Si](C)(C)C)c3c2sc2c(-c4c(C)cc(C)cc4C)sc(C#C[Si](C)(C)C)c23)c(C)c1. The highest BCUT2D eigenvalue weighted by Crippen LogP contribution is 2.54. The first kappa shape index (κ1) is 30.1. The number of benzene rings is 2. The molecule has 0 N–H and O–H groups in total. The fourth-order valence-corrected chi connectivity index (χ4v) is 11.1. The molecule has 5 heteroatoms. The van der Waals surface area contributed by atoms with Gasteiger partial charge in [0, 0.05) is 10.8 Å². The molecular weight excluding hydrogens is 585 g/mol. The van der Waals surface area contributed by atoms with Crippen LogP contribution < -0.4 is 0 Å². The highest BCUT2D eigenvalue weighted by molar-refractivity contribution is 7.34. The van der Waals surface area contributed by atoms with Gasteiger partial charge in [-0.25, -0.2) is 0 Å². The van der Waals surface area contributed by atoms with E-state index in [9.17, 15) is 0 Å². The highest BCUT2D eigenvalue weighted by atomic mass is 32.1. The van der Waals surface area contributed by atoms with Gasteiger partial charge < -0.3 is 0 Å². The van der Waals surface area contributed by atoms with Gasteiger partial charge in [0.25, 0.3) is 0 Å². The molecule has 5 aromatic rings. The van der Waals surface area contributed by atoms with Crippen molar-refractivity contribution in [1.82, 2.24) is 0 Å². The highest BCUT2D eigenvalue weighted by Gasteiger charge is 2.26. The summed E-state index contributed by atoms with van der Waals surface area (Å²) in [7, 11) is -3.13. The summed E-state index contributed by atoms with van der Waals surface area (Å²) < 4.78 is 2.75. The van der Waals surface area contributed by atoms with Crippen molar-refractivity contribution >= 4 is 70.3 Å². The lowest BCUT2D eigenvalue weighted by Crippen LogP contribution is -2.16. The van der Waals surface area contributed by atoms with E-state index in [0.717, 1.165) is 0 Å². The van der Waals surface area contributed by atoms with Crippen LogP contribution in [0.1, 0.15) is 43.1 Å². The maximum Gasteiger partial charge on any atom is 0.129 e. The van der Waals surface area contributed by atoms with Gasteiger partial charge in [-0.2, -0.15) is 0 Å². The smallest absolute Gasteiger partial charge is 0.129 e. The third-order valence-corrected chi connectivity index (χ3v) is 12.6. The molecule has 0 unspecified atom stereocenters. The second kappa shape index (κ2) is 10.7. The summed E-state index contributed by atoms with van der Waals surface area (Å²) in [6.07, 6.45) is 0. The van der Waals surface area contributed by atoms with Crippen LogP contribution in [0.2, 0.25) is 39.3 Å². The molecule has 5 rings (SSSR count). The Morgan fingerprint density at radius 3 is 1.10 bits per heavy atom. The van der Waals surface area contributed by atoms with Crippen LogP contribution in [0.5, 0.6) is 0 Å². The molecule has 0 nitrogen and oxygen atoms in total. The molecule has 0 bridgehead atoms. The Hall–Kier alpha value is -2.39. The minimum absolute atomic E-state index is 1.21. The first-order chi connectivity index (χ1) is 19.0. The molecule has 0 aliphatic rings. The van der Waals surface area contributed by atoms with Crippen LogP contribution in [0.3, 0.4) is 0 Å². The van der Waals surface area contributed by atoms with Crippen molar-refractivity contribution < 1.29 is 0 Å². The van der Waals surface area contributed by atoms with Crippen molar-refractivity contribution in [3.05, 3.63) is 67.4 Å². The summed E-state index contributed by atoms with van der Waals surface area (Å²) in [6.45, 7) is 27.4. The van der Waals surface area contributed by atoms with Crippen molar-refractivity contribution in [3.8, 4) is 43.8 Å². The summed E-state index contributed by atoms with van der Waals surface area (Å²) in [5.74, 6) is 7.45. The number of fused-ring (bicyclic) bond motifs is 3. The van der Waals surface area contributed by atoms with Gasteiger partial charge in [0.2, 0.25) is 0 Å². The quantitative estimate of drug-likeness (QED) is 0.135. The number of rotatable bonds is 2. The average Bonchev–Trinajstić information content (AvgIpc) is 3.45. The van der Waals surface area contributed by atoms with Gasteiger partial charge in [-0.1, -0.05) is 86.5 Å². The van der Waals surface area contributed by atoms with E-state index in [1.807, 2.05) is 34.0 Å². The molecule has 0 saturated carbocycles.